The first-order valence-corrected chi connectivity index (χ1v) is 8.01. The Hall–Kier alpha value is -1.52. The van der Waals surface area contributed by atoms with Crippen molar-refractivity contribution in [2.45, 2.75) is 63.1 Å². The number of piperidine rings is 1. The molecule has 0 radical (unpaired) electrons. The summed E-state index contributed by atoms with van der Waals surface area (Å²) in [5.41, 5.74) is 0. The number of amides is 2. The van der Waals surface area contributed by atoms with Crippen molar-refractivity contribution in [1.82, 2.24) is 9.80 Å². The van der Waals surface area contributed by atoms with Crippen molar-refractivity contribution in [2.75, 3.05) is 6.54 Å². The highest BCUT2D eigenvalue weighted by Gasteiger charge is 2.46. The van der Waals surface area contributed by atoms with Gasteiger partial charge in [-0.05, 0) is 44.4 Å². The molecule has 2 heterocycles. The summed E-state index contributed by atoms with van der Waals surface area (Å²) in [6.45, 7) is 4.38. The monoisotopic (exact) mass is 292 g/mol. The summed E-state index contributed by atoms with van der Waals surface area (Å²) < 4.78 is 0. The van der Waals surface area contributed by atoms with Crippen LogP contribution in [0.3, 0.4) is 0 Å². The second kappa shape index (κ2) is 5.70. The van der Waals surface area contributed by atoms with E-state index < -0.39 is 5.97 Å². The molecule has 21 heavy (non-hydrogen) atoms. The van der Waals surface area contributed by atoms with E-state index in [1.54, 1.807) is 6.08 Å². The number of hydrogen-bond acceptors (Lipinski definition) is 2. The van der Waals surface area contributed by atoms with Gasteiger partial charge in [0, 0.05) is 31.1 Å². The van der Waals surface area contributed by atoms with Gasteiger partial charge in [0.25, 0.3) is 0 Å². The summed E-state index contributed by atoms with van der Waals surface area (Å²) >= 11 is 0. The van der Waals surface area contributed by atoms with Gasteiger partial charge < -0.3 is 14.9 Å². The molecule has 5 nitrogen and oxygen atoms in total. The normalized spacial score (nSPS) is 31.0. The lowest BCUT2D eigenvalue weighted by atomic mass is 9.88. The van der Waals surface area contributed by atoms with E-state index in [0.29, 0.717) is 12.6 Å². The van der Waals surface area contributed by atoms with Gasteiger partial charge in [-0.25, -0.2) is 4.79 Å². The summed E-state index contributed by atoms with van der Waals surface area (Å²) in [7, 11) is 0. The molecular formula is C16H24N2O3. The third-order valence-electron chi connectivity index (χ3n) is 5.07. The van der Waals surface area contributed by atoms with Crippen LogP contribution < -0.4 is 0 Å². The molecule has 2 saturated heterocycles. The van der Waals surface area contributed by atoms with Gasteiger partial charge in [-0.3, -0.25) is 4.79 Å². The molecule has 2 aliphatic heterocycles. The van der Waals surface area contributed by atoms with Crippen LogP contribution >= 0.6 is 0 Å². The number of fused-ring (bicyclic) bond motifs is 2. The second-order valence-corrected chi connectivity index (χ2v) is 6.68. The Morgan fingerprint density at radius 3 is 2.29 bits per heavy atom. The zero-order chi connectivity index (χ0) is 15.0. The summed E-state index contributed by atoms with van der Waals surface area (Å²) in [6.07, 6.45) is 8.00. The Labute approximate surface area is 125 Å². The summed E-state index contributed by atoms with van der Waals surface area (Å²) in [5.74, 6) is -0.483. The van der Waals surface area contributed by atoms with Gasteiger partial charge in [0.1, 0.15) is 0 Å². The Morgan fingerprint density at radius 1 is 1.19 bits per heavy atom. The summed E-state index contributed by atoms with van der Waals surface area (Å²) in [5, 5.41) is 8.97. The summed E-state index contributed by atoms with van der Waals surface area (Å²) in [6, 6.07) is 1.03. The van der Waals surface area contributed by atoms with Crippen molar-refractivity contribution < 1.29 is 14.7 Å². The van der Waals surface area contributed by atoms with E-state index in [4.69, 9.17) is 5.11 Å². The first-order chi connectivity index (χ1) is 10.1. The Morgan fingerprint density at radius 2 is 1.81 bits per heavy atom. The van der Waals surface area contributed by atoms with Crippen LogP contribution in [-0.2, 0) is 4.79 Å². The zero-order valence-electron chi connectivity index (χ0n) is 12.4. The van der Waals surface area contributed by atoms with Gasteiger partial charge >= 0.3 is 12.0 Å². The van der Waals surface area contributed by atoms with Crippen LogP contribution in [0.25, 0.3) is 0 Å². The highest BCUT2D eigenvalue weighted by atomic mass is 16.4. The molecule has 5 heteroatoms. The molecule has 2 bridgehead atoms. The molecule has 2 unspecified atom stereocenters. The maximum atomic E-state index is 12.8. The molecular weight excluding hydrogens is 268 g/mol. The number of carboxylic acids is 1. The van der Waals surface area contributed by atoms with E-state index in [1.807, 2.05) is 4.90 Å². The van der Waals surface area contributed by atoms with E-state index in [1.165, 1.54) is 0 Å². The van der Waals surface area contributed by atoms with Gasteiger partial charge in [0.05, 0.1) is 0 Å². The fourth-order valence-electron chi connectivity index (χ4n) is 4.07. The van der Waals surface area contributed by atoms with Crippen molar-refractivity contribution in [3.63, 3.8) is 0 Å². The molecule has 0 spiro atoms. The van der Waals surface area contributed by atoms with E-state index in [2.05, 4.69) is 11.5 Å². The molecule has 3 fully saturated rings. The maximum absolute atomic E-state index is 12.8. The van der Waals surface area contributed by atoms with Crippen LogP contribution in [0.4, 0.5) is 4.79 Å². The first-order valence-electron chi connectivity index (χ1n) is 8.01. The van der Waals surface area contributed by atoms with Gasteiger partial charge in [-0.15, -0.1) is 6.58 Å². The highest BCUT2D eigenvalue weighted by Crippen LogP contribution is 2.41. The average Bonchev–Trinajstić information content (AvgIpc) is 3.21. The average molecular weight is 292 g/mol. The van der Waals surface area contributed by atoms with E-state index >= 15 is 0 Å². The molecule has 1 N–H and O–H groups in total. The number of carboxylic acid groups (broad SMARTS) is 1. The summed E-state index contributed by atoms with van der Waals surface area (Å²) in [4.78, 5) is 27.8. The number of rotatable bonds is 5. The molecule has 0 aromatic heterocycles. The van der Waals surface area contributed by atoms with Gasteiger partial charge in [0.2, 0.25) is 0 Å². The van der Waals surface area contributed by atoms with Crippen molar-refractivity contribution in [3.05, 3.63) is 12.7 Å². The zero-order valence-corrected chi connectivity index (χ0v) is 12.4. The first kappa shape index (κ1) is 14.4. The number of carbonyl (C=O) groups is 2. The Kier molecular flexibility index (Phi) is 3.91. The lowest BCUT2D eigenvalue weighted by molar-refractivity contribution is -0.138. The predicted octanol–water partition coefficient (Wildman–Crippen LogP) is 2.47. The Balaban J connectivity index is 1.67. The molecule has 0 aromatic carbocycles. The third kappa shape index (κ3) is 2.92. The highest BCUT2D eigenvalue weighted by molar-refractivity contribution is 5.76. The van der Waals surface area contributed by atoms with Crippen LogP contribution in [0, 0.1) is 5.92 Å². The van der Waals surface area contributed by atoms with Crippen LogP contribution in [0.5, 0.6) is 0 Å². The maximum Gasteiger partial charge on any atom is 0.321 e. The van der Waals surface area contributed by atoms with E-state index in [0.717, 1.165) is 38.5 Å². The van der Waals surface area contributed by atoms with Crippen LogP contribution in [-0.4, -0.2) is 51.6 Å². The fourth-order valence-corrected chi connectivity index (χ4v) is 4.07. The minimum atomic E-state index is -0.717. The topological polar surface area (TPSA) is 60.9 Å². The van der Waals surface area contributed by atoms with Gasteiger partial charge in [0.15, 0.2) is 0 Å². The van der Waals surface area contributed by atoms with Gasteiger partial charge in [-0.1, -0.05) is 6.08 Å². The minimum Gasteiger partial charge on any atom is -0.481 e. The number of urea groups is 1. The lowest BCUT2D eigenvalue weighted by Gasteiger charge is -2.41. The van der Waals surface area contributed by atoms with Crippen molar-refractivity contribution in [2.24, 2.45) is 5.92 Å². The number of carbonyl (C=O) groups excluding carboxylic acids is 1. The molecule has 3 rings (SSSR count). The SMILES string of the molecule is C=CCN(C(=O)N1C2CCC1CC(CC(=O)O)C2)C1CC1. The largest absolute Gasteiger partial charge is 0.481 e. The predicted molar refractivity (Wildman–Crippen MR) is 78.9 cm³/mol. The van der Waals surface area contributed by atoms with E-state index in [-0.39, 0.29) is 30.5 Å². The van der Waals surface area contributed by atoms with Crippen molar-refractivity contribution in [1.29, 1.82) is 0 Å². The number of nitrogens with zero attached hydrogens (tertiary/aromatic N) is 2. The fraction of sp³-hybridized carbons (Fsp3) is 0.750. The minimum absolute atomic E-state index is 0.152. The lowest BCUT2D eigenvalue weighted by Crippen LogP contribution is -2.53. The van der Waals surface area contributed by atoms with Crippen LogP contribution in [0.2, 0.25) is 0 Å². The molecule has 2 atom stereocenters. The molecule has 3 aliphatic rings. The van der Waals surface area contributed by atoms with Crippen LogP contribution in [0.1, 0.15) is 44.9 Å². The van der Waals surface area contributed by atoms with E-state index in [9.17, 15) is 9.59 Å². The van der Waals surface area contributed by atoms with Gasteiger partial charge in [-0.2, -0.15) is 0 Å². The molecule has 116 valence electrons. The molecule has 2 amide bonds. The standard InChI is InChI=1S/C16H24N2O3/c1-2-7-17(12-3-4-12)16(21)18-13-5-6-14(18)9-11(8-13)10-15(19)20/h2,11-14H,1,3-10H2,(H,19,20). The van der Waals surface area contributed by atoms with Crippen molar-refractivity contribution in [3.8, 4) is 0 Å². The van der Waals surface area contributed by atoms with Crippen molar-refractivity contribution >= 4 is 12.0 Å². The molecule has 0 aromatic rings. The number of aliphatic carboxylic acids is 1. The molecule has 1 saturated carbocycles. The molecule has 1 aliphatic carbocycles. The Bertz CT molecular complexity index is 433. The second-order valence-electron chi connectivity index (χ2n) is 6.68. The third-order valence-corrected chi connectivity index (χ3v) is 5.07. The number of hydrogen-bond donors (Lipinski definition) is 1. The van der Waals surface area contributed by atoms with Crippen LogP contribution in [0.15, 0.2) is 12.7 Å². The smallest absolute Gasteiger partial charge is 0.321 e. The quantitative estimate of drug-likeness (QED) is 0.792.